The van der Waals surface area contributed by atoms with Gasteiger partial charge < -0.3 is 0 Å². The van der Waals surface area contributed by atoms with Crippen LogP contribution >= 0.6 is 0 Å². The fraction of sp³-hybridized carbons (Fsp3) is 0.174. The number of aromatic nitrogens is 1. The molecule has 1 N–H and O–H groups in total. The normalized spacial score (nSPS) is 16.4. The van der Waals surface area contributed by atoms with Crippen molar-refractivity contribution < 1.29 is 28.0 Å². The summed E-state index contributed by atoms with van der Waals surface area (Å²) in [4.78, 5) is 29.6. The Hall–Kier alpha value is -3.52. The number of nitrogens with zero attached hydrogens (tertiary/aromatic N) is 2. The number of Topliss-reactive ketones (excluding diaryl/α,β-unsaturated/α-hetero) is 1. The van der Waals surface area contributed by atoms with Crippen LogP contribution in [0.1, 0.15) is 38.5 Å². The maximum Gasteiger partial charge on any atom is 0.416 e. The van der Waals surface area contributed by atoms with Gasteiger partial charge in [0.05, 0.1) is 11.1 Å². The van der Waals surface area contributed by atoms with Crippen LogP contribution in [-0.4, -0.2) is 21.9 Å². The number of aryl methyl sites for hydroxylation is 2. The summed E-state index contributed by atoms with van der Waals surface area (Å²) in [5.74, 6) is -2.51. The summed E-state index contributed by atoms with van der Waals surface area (Å²) in [5.41, 5.74) is 1.26. The van der Waals surface area contributed by atoms with Crippen LogP contribution in [0.3, 0.4) is 0 Å². The zero-order valence-electron chi connectivity index (χ0n) is 16.1. The van der Waals surface area contributed by atoms with Crippen molar-refractivity contribution in [3.63, 3.8) is 0 Å². The van der Waals surface area contributed by atoms with Crippen molar-refractivity contribution in [2.45, 2.75) is 24.9 Å². The quantitative estimate of drug-likeness (QED) is 0.490. The van der Waals surface area contributed by atoms with Crippen LogP contribution in [0, 0.1) is 0 Å². The van der Waals surface area contributed by atoms with Crippen LogP contribution in [-0.2, 0) is 23.8 Å². The first-order valence-corrected chi connectivity index (χ1v) is 9.53. The molecule has 0 aliphatic carbocycles. The predicted molar refractivity (Wildman–Crippen MR) is 106 cm³/mol. The van der Waals surface area contributed by atoms with Crippen LogP contribution in [0.25, 0.3) is 0 Å². The van der Waals surface area contributed by atoms with Crippen molar-refractivity contribution in [1.82, 2.24) is 4.98 Å². The van der Waals surface area contributed by atoms with Gasteiger partial charge in [0.2, 0.25) is 0 Å². The number of fused-ring (bicyclic) bond motifs is 1. The largest absolute Gasteiger partial charge is 0.416 e. The van der Waals surface area contributed by atoms with Gasteiger partial charge in [0.1, 0.15) is 5.92 Å². The molecule has 158 valence electrons. The molecule has 2 heterocycles. The minimum Gasteiger partial charge on any atom is -0.293 e. The van der Waals surface area contributed by atoms with Crippen molar-refractivity contribution in [3.8, 4) is 0 Å². The van der Waals surface area contributed by atoms with Gasteiger partial charge in [-0.05, 0) is 47.7 Å². The van der Waals surface area contributed by atoms with Crippen LogP contribution in [0.5, 0.6) is 0 Å². The summed E-state index contributed by atoms with van der Waals surface area (Å²) < 4.78 is 38.1. The van der Waals surface area contributed by atoms with Gasteiger partial charge in [-0.1, -0.05) is 42.5 Å². The topological polar surface area (TPSA) is 70.5 Å². The Morgan fingerprint density at radius 2 is 1.58 bits per heavy atom. The summed E-state index contributed by atoms with van der Waals surface area (Å²) in [7, 11) is 0. The molecule has 0 fully saturated rings. The first-order chi connectivity index (χ1) is 14.8. The van der Waals surface area contributed by atoms with E-state index in [1.807, 2.05) is 0 Å². The maximum absolute atomic E-state index is 13.0. The Morgan fingerprint density at radius 1 is 0.935 bits per heavy atom. The number of amides is 1. The van der Waals surface area contributed by atoms with Gasteiger partial charge in [-0.3, -0.25) is 14.8 Å². The monoisotopic (exact) mass is 426 g/mol. The molecule has 0 bridgehead atoms. The van der Waals surface area contributed by atoms with Gasteiger partial charge in [0.25, 0.3) is 5.91 Å². The number of pyridine rings is 1. The van der Waals surface area contributed by atoms with Crippen LogP contribution in [0.15, 0.2) is 66.9 Å². The van der Waals surface area contributed by atoms with Crippen molar-refractivity contribution in [2.24, 2.45) is 0 Å². The van der Waals surface area contributed by atoms with E-state index in [1.165, 1.54) is 18.3 Å². The first kappa shape index (κ1) is 20.7. The highest BCUT2D eigenvalue weighted by molar-refractivity contribution is 6.23. The number of ketones is 1. The van der Waals surface area contributed by atoms with E-state index in [1.54, 1.807) is 36.4 Å². The average Bonchev–Trinajstić information content (AvgIpc) is 2.76. The zero-order chi connectivity index (χ0) is 22.2. The molecule has 1 amide bonds. The number of hydroxylamine groups is 1. The summed E-state index contributed by atoms with van der Waals surface area (Å²) in [6, 6.07) is 14.9. The fourth-order valence-corrected chi connectivity index (χ4v) is 3.57. The number of carbonyl (C=O) groups is 2. The molecule has 2 aromatic carbocycles. The Morgan fingerprint density at radius 3 is 2.23 bits per heavy atom. The second-order valence-corrected chi connectivity index (χ2v) is 7.27. The number of benzene rings is 2. The van der Waals surface area contributed by atoms with Gasteiger partial charge in [0.15, 0.2) is 11.6 Å². The summed E-state index contributed by atoms with van der Waals surface area (Å²) >= 11 is 0. The molecule has 0 radical (unpaired) electrons. The Kier molecular flexibility index (Phi) is 5.32. The van der Waals surface area contributed by atoms with Crippen molar-refractivity contribution in [3.05, 3.63) is 94.7 Å². The van der Waals surface area contributed by atoms with E-state index in [2.05, 4.69) is 4.98 Å². The summed E-state index contributed by atoms with van der Waals surface area (Å²) in [5, 5.41) is 10.6. The highest BCUT2D eigenvalue weighted by atomic mass is 19.4. The van der Waals surface area contributed by atoms with E-state index >= 15 is 0 Å². The number of rotatable bonds is 4. The molecule has 1 aromatic heterocycles. The number of anilines is 1. The third-order valence-electron chi connectivity index (χ3n) is 5.22. The number of alkyl halides is 3. The van der Waals surface area contributed by atoms with Gasteiger partial charge in [-0.2, -0.15) is 18.2 Å². The second-order valence-electron chi connectivity index (χ2n) is 7.27. The molecule has 5 nitrogen and oxygen atoms in total. The maximum atomic E-state index is 13.0. The van der Waals surface area contributed by atoms with Crippen molar-refractivity contribution in [2.75, 3.05) is 5.06 Å². The summed E-state index contributed by atoms with van der Waals surface area (Å²) in [6.07, 6.45) is -2.08. The predicted octanol–water partition coefficient (Wildman–Crippen LogP) is 4.59. The second kappa shape index (κ2) is 7.96. The van der Waals surface area contributed by atoms with Crippen LogP contribution in [0.2, 0.25) is 0 Å². The lowest BCUT2D eigenvalue weighted by molar-refractivity contribution is -0.137. The Balaban J connectivity index is 1.56. The van der Waals surface area contributed by atoms with E-state index in [-0.39, 0.29) is 11.4 Å². The Labute approximate surface area is 175 Å². The molecule has 3 aromatic rings. The summed E-state index contributed by atoms with van der Waals surface area (Å²) in [6.45, 7) is 0. The smallest absolute Gasteiger partial charge is 0.293 e. The minimum absolute atomic E-state index is 0.125. The van der Waals surface area contributed by atoms with Gasteiger partial charge in [0, 0.05) is 6.20 Å². The number of carbonyl (C=O) groups excluding carboxylic acids is 2. The lowest BCUT2D eigenvalue weighted by atomic mass is 9.86. The SMILES string of the molecule is O=C1c2cc(CCc3ccc(C(F)(F)F)cc3)cnc2N(O)C(=O)C1c1ccccc1. The van der Waals surface area contributed by atoms with E-state index in [0.29, 0.717) is 34.6 Å². The zero-order valence-corrected chi connectivity index (χ0v) is 16.1. The standard InChI is InChI=1S/C23H17F3N2O3/c24-23(25,26)17-10-8-14(9-11-17)6-7-15-12-18-20(29)19(16-4-2-1-3-5-16)22(30)28(31)21(18)27-13-15/h1-5,8-13,19,31H,6-7H2. The minimum atomic E-state index is -4.38. The van der Waals surface area contributed by atoms with E-state index in [4.69, 9.17) is 0 Å². The molecule has 31 heavy (non-hydrogen) atoms. The molecular weight excluding hydrogens is 409 g/mol. The van der Waals surface area contributed by atoms with E-state index < -0.39 is 29.3 Å². The lowest BCUT2D eigenvalue weighted by Crippen LogP contribution is -2.42. The number of hydrogen-bond donors (Lipinski definition) is 1. The highest BCUT2D eigenvalue weighted by Crippen LogP contribution is 2.34. The molecule has 4 rings (SSSR count). The molecule has 1 aliphatic rings. The van der Waals surface area contributed by atoms with Crippen molar-refractivity contribution >= 4 is 17.5 Å². The number of halogens is 3. The van der Waals surface area contributed by atoms with Gasteiger partial charge in [-0.15, -0.1) is 0 Å². The molecule has 0 saturated heterocycles. The Bertz CT molecular complexity index is 1130. The fourth-order valence-electron chi connectivity index (χ4n) is 3.57. The highest BCUT2D eigenvalue weighted by Gasteiger charge is 2.41. The molecule has 0 saturated carbocycles. The molecule has 0 spiro atoms. The van der Waals surface area contributed by atoms with Gasteiger partial charge >= 0.3 is 6.18 Å². The van der Waals surface area contributed by atoms with Crippen LogP contribution < -0.4 is 5.06 Å². The molecule has 8 heteroatoms. The first-order valence-electron chi connectivity index (χ1n) is 9.53. The molecule has 1 unspecified atom stereocenters. The average molecular weight is 426 g/mol. The third kappa shape index (κ3) is 4.06. The molecule has 1 aliphatic heterocycles. The molecule has 1 atom stereocenters. The van der Waals surface area contributed by atoms with Crippen molar-refractivity contribution in [1.29, 1.82) is 0 Å². The number of hydrogen-bond acceptors (Lipinski definition) is 4. The molecular formula is C23H17F3N2O3. The van der Waals surface area contributed by atoms with E-state index in [0.717, 1.165) is 12.1 Å². The van der Waals surface area contributed by atoms with E-state index in [9.17, 15) is 28.0 Å². The lowest BCUT2D eigenvalue weighted by Gasteiger charge is -2.28. The van der Waals surface area contributed by atoms with Crippen LogP contribution in [0.4, 0.5) is 19.0 Å². The third-order valence-corrected chi connectivity index (χ3v) is 5.22. The van der Waals surface area contributed by atoms with Gasteiger partial charge in [-0.25, -0.2) is 4.98 Å².